The fraction of sp³-hybridized carbons (Fsp3) is 0.556. The first-order valence-electron chi connectivity index (χ1n) is 4.91. The molecule has 86 valence electrons. The minimum atomic E-state index is -0.739. The van der Waals surface area contributed by atoms with E-state index in [0.29, 0.717) is 0 Å². The molecule has 2 N–H and O–H groups in total. The van der Waals surface area contributed by atoms with Gasteiger partial charge in [-0.25, -0.2) is 0 Å². The highest BCUT2D eigenvalue weighted by molar-refractivity contribution is 8.00. The van der Waals surface area contributed by atoms with E-state index in [9.17, 15) is 9.90 Å². The van der Waals surface area contributed by atoms with Crippen LogP contribution in [0.1, 0.15) is 5.37 Å². The van der Waals surface area contributed by atoms with E-state index in [4.69, 9.17) is 9.84 Å². The summed E-state index contributed by atoms with van der Waals surface area (Å²) in [6.45, 7) is -0.0921. The zero-order chi connectivity index (χ0) is 11.3. The third-order valence-electron chi connectivity index (χ3n) is 2.81. The number of aliphatic hydroxyl groups is 2. The van der Waals surface area contributed by atoms with Gasteiger partial charge in [-0.3, -0.25) is 9.36 Å². The fourth-order valence-corrected chi connectivity index (χ4v) is 3.44. The van der Waals surface area contributed by atoms with Crippen LogP contribution in [0.25, 0.3) is 0 Å². The Hall–Kier alpha value is -1.05. The molecule has 2 aliphatic rings. The summed E-state index contributed by atoms with van der Waals surface area (Å²) in [6, 6.07) is 1.60. The van der Waals surface area contributed by atoms with E-state index in [0.717, 1.165) is 0 Å². The highest BCUT2D eigenvalue weighted by atomic mass is 32.2. The molecule has 1 aromatic rings. The van der Waals surface area contributed by atoms with Crippen LogP contribution in [0.2, 0.25) is 0 Å². The first-order valence-corrected chi connectivity index (χ1v) is 5.85. The number of aromatic nitrogens is 2. The van der Waals surface area contributed by atoms with Crippen LogP contribution in [0.5, 0.6) is 6.01 Å². The highest BCUT2D eigenvalue weighted by Crippen LogP contribution is 2.47. The smallest absolute Gasteiger partial charge is 0.301 e. The summed E-state index contributed by atoms with van der Waals surface area (Å²) in [7, 11) is 0. The molecule has 1 aromatic heterocycles. The lowest BCUT2D eigenvalue weighted by molar-refractivity contribution is 0.0437. The predicted molar refractivity (Wildman–Crippen MR) is 56.4 cm³/mol. The van der Waals surface area contributed by atoms with Gasteiger partial charge in [-0.05, 0) is 0 Å². The summed E-state index contributed by atoms with van der Waals surface area (Å²) < 4.78 is 7.14. The van der Waals surface area contributed by atoms with Crippen molar-refractivity contribution in [2.24, 2.45) is 0 Å². The zero-order valence-electron chi connectivity index (χ0n) is 8.18. The van der Waals surface area contributed by atoms with E-state index in [-0.39, 0.29) is 28.8 Å². The lowest BCUT2D eigenvalue weighted by Gasteiger charge is -2.14. The molecule has 0 saturated carbocycles. The van der Waals surface area contributed by atoms with Crippen LogP contribution in [-0.4, -0.2) is 43.8 Å². The number of fused-ring (bicyclic) bond motifs is 3. The molecular formula is C9H10N2O4S. The van der Waals surface area contributed by atoms with E-state index in [2.05, 4.69) is 4.98 Å². The van der Waals surface area contributed by atoms with Crippen molar-refractivity contribution >= 4 is 11.8 Å². The molecule has 3 heterocycles. The number of hydrogen-bond acceptors (Lipinski definition) is 6. The summed E-state index contributed by atoms with van der Waals surface area (Å²) in [5, 5.41) is 18.6. The maximum absolute atomic E-state index is 11.0. The van der Waals surface area contributed by atoms with Crippen LogP contribution in [0.4, 0.5) is 0 Å². The van der Waals surface area contributed by atoms with Crippen LogP contribution in [-0.2, 0) is 0 Å². The van der Waals surface area contributed by atoms with Gasteiger partial charge in [0.25, 0.3) is 5.56 Å². The number of aliphatic hydroxyl groups excluding tert-OH is 2. The van der Waals surface area contributed by atoms with Gasteiger partial charge in [-0.1, -0.05) is 0 Å². The molecular weight excluding hydrogens is 232 g/mol. The standard InChI is InChI=1S/C9H10N2O4S/c12-3-4-6(14)7-8(16-4)11-2-1-5(13)10-9(11)15-7/h1-2,4,6-8,12,14H,3H2/t4-,6?,7-,8-/m1/s1. The minimum Gasteiger partial charge on any atom is -0.455 e. The van der Waals surface area contributed by atoms with E-state index >= 15 is 0 Å². The predicted octanol–water partition coefficient (Wildman–Crippen LogP) is -1.03. The van der Waals surface area contributed by atoms with Crippen molar-refractivity contribution in [3.8, 4) is 6.01 Å². The molecule has 1 fully saturated rings. The molecule has 7 heteroatoms. The highest BCUT2D eigenvalue weighted by Gasteiger charge is 2.50. The molecule has 0 aliphatic carbocycles. The molecule has 0 aromatic carbocycles. The summed E-state index contributed by atoms with van der Waals surface area (Å²) in [6.07, 6.45) is 0.433. The number of ether oxygens (including phenoxy) is 1. The van der Waals surface area contributed by atoms with Gasteiger partial charge in [0.2, 0.25) is 0 Å². The summed E-state index contributed by atoms with van der Waals surface area (Å²) in [4.78, 5) is 14.8. The fourth-order valence-electron chi connectivity index (χ4n) is 2.02. The van der Waals surface area contributed by atoms with Gasteiger partial charge in [0.05, 0.1) is 11.9 Å². The average molecular weight is 242 g/mol. The monoisotopic (exact) mass is 242 g/mol. The van der Waals surface area contributed by atoms with Crippen LogP contribution in [0, 0.1) is 0 Å². The summed E-state index contributed by atoms with van der Waals surface area (Å²) in [5.74, 6) is 0. The first kappa shape index (κ1) is 10.1. The molecule has 0 amide bonds. The van der Waals surface area contributed by atoms with Crippen molar-refractivity contribution in [3.63, 3.8) is 0 Å². The molecule has 0 bridgehead atoms. The average Bonchev–Trinajstić information content (AvgIpc) is 2.75. The molecule has 0 spiro atoms. The number of rotatable bonds is 1. The molecule has 4 atom stereocenters. The second kappa shape index (κ2) is 3.47. The van der Waals surface area contributed by atoms with Crippen LogP contribution in [0.15, 0.2) is 17.1 Å². The molecule has 3 rings (SSSR count). The second-order valence-electron chi connectivity index (χ2n) is 3.78. The van der Waals surface area contributed by atoms with Gasteiger partial charge in [0.15, 0.2) is 6.10 Å². The largest absolute Gasteiger partial charge is 0.455 e. The third kappa shape index (κ3) is 1.28. The Balaban J connectivity index is 1.99. The zero-order valence-corrected chi connectivity index (χ0v) is 9.00. The Morgan fingerprint density at radius 1 is 1.62 bits per heavy atom. The molecule has 16 heavy (non-hydrogen) atoms. The van der Waals surface area contributed by atoms with Crippen molar-refractivity contribution < 1.29 is 14.9 Å². The van der Waals surface area contributed by atoms with Gasteiger partial charge in [-0.2, -0.15) is 4.98 Å². The van der Waals surface area contributed by atoms with E-state index in [1.54, 1.807) is 10.8 Å². The van der Waals surface area contributed by atoms with Crippen molar-refractivity contribution in [1.82, 2.24) is 9.55 Å². The number of thioether (sulfide) groups is 1. The number of hydrogen-bond donors (Lipinski definition) is 2. The van der Waals surface area contributed by atoms with Gasteiger partial charge >= 0.3 is 6.01 Å². The van der Waals surface area contributed by atoms with E-state index in [1.807, 2.05) is 0 Å². The maximum Gasteiger partial charge on any atom is 0.301 e. The Labute approximate surface area is 94.9 Å². The Kier molecular flexibility index (Phi) is 2.20. The summed E-state index contributed by atoms with van der Waals surface area (Å²) >= 11 is 1.43. The molecule has 0 radical (unpaired) electrons. The van der Waals surface area contributed by atoms with E-state index in [1.165, 1.54) is 17.8 Å². The molecule has 6 nitrogen and oxygen atoms in total. The first-order chi connectivity index (χ1) is 7.70. The van der Waals surface area contributed by atoms with Crippen molar-refractivity contribution in [2.75, 3.05) is 6.61 Å². The topological polar surface area (TPSA) is 84.6 Å². The van der Waals surface area contributed by atoms with Gasteiger partial charge in [0.1, 0.15) is 11.5 Å². The van der Waals surface area contributed by atoms with Crippen molar-refractivity contribution in [3.05, 3.63) is 22.6 Å². The third-order valence-corrected chi connectivity index (χ3v) is 4.36. The van der Waals surface area contributed by atoms with Crippen LogP contribution < -0.4 is 10.3 Å². The summed E-state index contributed by atoms with van der Waals surface area (Å²) in [5.41, 5.74) is -0.357. The minimum absolute atomic E-state index is 0.0921. The number of nitrogens with zero attached hydrogens (tertiary/aromatic N) is 2. The Bertz CT molecular complexity index is 477. The Morgan fingerprint density at radius 2 is 2.44 bits per heavy atom. The van der Waals surface area contributed by atoms with Crippen molar-refractivity contribution in [2.45, 2.75) is 22.8 Å². The van der Waals surface area contributed by atoms with Gasteiger partial charge in [0, 0.05) is 12.3 Å². The molecule has 2 aliphatic heterocycles. The maximum atomic E-state index is 11.0. The second-order valence-corrected chi connectivity index (χ2v) is 5.14. The lowest BCUT2D eigenvalue weighted by atomic mass is 10.1. The van der Waals surface area contributed by atoms with Crippen LogP contribution >= 0.6 is 11.8 Å². The van der Waals surface area contributed by atoms with Crippen molar-refractivity contribution in [1.29, 1.82) is 0 Å². The van der Waals surface area contributed by atoms with E-state index < -0.39 is 12.2 Å². The molecule has 1 unspecified atom stereocenters. The molecule has 1 saturated heterocycles. The lowest BCUT2D eigenvalue weighted by Crippen LogP contribution is -2.34. The van der Waals surface area contributed by atoms with Crippen LogP contribution in [0.3, 0.4) is 0 Å². The van der Waals surface area contributed by atoms with Gasteiger partial charge < -0.3 is 14.9 Å². The SMILES string of the molecule is O=c1ccn2c(n1)O[C@@H]1C(O)[C@@H](CO)S[C@H]12. The quantitative estimate of drug-likeness (QED) is 0.655. The van der Waals surface area contributed by atoms with Gasteiger partial charge in [-0.15, -0.1) is 11.8 Å². The Morgan fingerprint density at radius 3 is 3.19 bits per heavy atom. The normalized spacial score (nSPS) is 35.6.